The fourth-order valence-electron chi connectivity index (χ4n) is 0.919. The first-order valence-electron chi connectivity index (χ1n) is 4.25. The number of tetrazole rings is 1. The van der Waals surface area contributed by atoms with Crippen LogP contribution in [0.1, 0.15) is 0 Å². The lowest BCUT2D eigenvalue weighted by molar-refractivity contribution is -0.150. The fraction of sp³-hybridized carbons (Fsp3) is 0.667. The van der Waals surface area contributed by atoms with Crippen molar-refractivity contribution in [3.63, 3.8) is 0 Å². The van der Waals surface area contributed by atoms with Crippen LogP contribution < -0.4 is 5.73 Å². The predicted molar refractivity (Wildman–Crippen MR) is 52.5 cm³/mol. The van der Waals surface area contributed by atoms with Gasteiger partial charge in [-0.2, -0.15) is 13.2 Å². The number of oxime groups is 1. The number of thioether (sulfide) groups is 1. The van der Waals surface area contributed by atoms with Crippen LogP contribution in [-0.2, 0) is 7.05 Å². The maximum absolute atomic E-state index is 12.5. The van der Waals surface area contributed by atoms with Gasteiger partial charge in [0.15, 0.2) is 5.84 Å². The van der Waals surface area contributed by atoms with E-state index in [2.05, 4.69) is 20.7 Å². The topological polar surface area (TPSA) is 102 Å². The summed E-state index contributed by atoms with van der Waals surface area (Å²) >= 11 is 0.767. The van der Waals surface area contributed by atoms with Crippen LogP contribution >= 0.6 is 11.8 Å². The summed E-state index contributed by atoms with van der Waals surface area (Å²) in [4.78, 5) is 0. The zero-order chi connectivity index (χ0) is 13.1. The minimum Gasteiger partial charge on any atom is -0.409 e. The average molecular weight is 270 g/mol. The molecule has 0 aliphatic rings. The molecule has 0 saturated heterocycles. The Balaban J connectivity index is 2.72. The Bertz CT molecular complexity index is 405. The second-order valence-corrected chi connectivity index (χ2v) is 4.00. The first-order valence-corrected chi connectivity index (χ1v) is 5.24. The molecule has 0 aliphatic heterocycles. The van der Waals surface area contributed by atoms with Crippen LogP contribution in [0.25, 0.3) is 0 Å². The van der Waals surface area contributed by atoms with E-state index in [9.17, 15) is 13.2 Å². The van der Waals surface area contributed by atoms with Crippen LogP contribution in [0, 0.1) is 5.92 Å². The zero-order valence-electron chi connectivity index (χ0n) is 8.59. The van der Waals surface area contributed by atoms with Gasteiger partial charge in [-0.15, -0.1) is 5.10 Å². The molecule has 11 heteroatoms. The van der Waals surface area contributed by atoms with E-state index in [1.54, 1.807) is 0 Å². The summed E-state index contributed by atoms with van der Waals surface area (Å²) in [6, 6.07) is 0. The lowest BCUT2D eigenvalue weighted by atomic mass is 10.1. The number of aryl methyl sites for hydroxylation is 1. The Hall–Kier alpha value is -1.52. The van der Waals surface area contributed by atoms with Gasteiger partial charge in [0.1, 0.15) is 5.92 Å². The van der Waals surface area contributed by atoms with Crippen LogP contribution in [0.2, 0.25) is 0 Å². The molecule has 0 saturated carbocycles. The van der Waals surface area contributed by atoms with Crippen molar-refractivity contribution in [3.05, 3.63) is 0 Å². The molecule has 0 fully saturated rings. The Morgan fingerprint density at radius 2 is 2.29 bits per heavy atom. The average Bonchev–Trinajstić information content (AvgIpc) is 2.62. The van der Waals surface area contributed by atoms with E-state index in [1.165, 1.54) is 11.7 Å². The molecular formula is C6H9F3N6OS. The van der Waals surface area contributed by atoms with Crippen molar-refractivity contribution >= 4 is 17.6 Å². The lowest BCUT2D eigenvalue weighted by Gasteiger charge is -2.17. The van der Waals surface area contributed by atoms with Gasteiger partial charge in [0, 0.05) is 12.8 Å². The number of aromatic nitrogens is 4. The van der Waals surface area contributed by atoms with Crippen LogP contribution in [-0.4, -0.2) is 43.2 Å². The summed E-state index contributed by atoms with van der Waals surface area (Å²) in [5, 5.41) is 21.1. The van der Waals surface area contributed by atoms with Gasteiger partial charge in [0.25, 0.3) is 0 Å². The number of alkyl halides is 3. The molecule has 3 N–H and O–H groups in total. The van der Waals surface area contributed by atoms with E-state index in [4.69, 9.17) is 10.9 Å². The first kappa shape index (κ1) is 13.5. The van der Waals surface area contributed by atoms with E-state index in [1.807, 2.05) is 0 Å². The maximum Gasteiger partial charge on any atom is 0.399 e. The second-order valence-electron chi connectivity index (χ2n) is 3.02. The number of nitrogens with two attached hydrogens (primary N) is 1. The number of halogens is 3. The Morgan fingerprint density at radius 1 is 1.65 bits per heavy atom. The standard InChI is InChI=1S/C6H9F3N6OS/c1-15-5(11-13-14-15)17-2-3(4(10)12-16)6(7,8)9/h3,16H,2H2,1H3,(H2,10,12). The van der Waals surface area contributed by atoms with Crippen molar-refractivity contribution in [2.75, 3.05) is 5.75 Å². The first-order chi connectivity index (χ1) is 7.86. The van der Waals surface area contributed by atoms with E-state index < -0.39 is 23.7 Å². The molecule has 1 aromatic heterocycles. The van der Waals surface area contributed by atoms with Gasteiger partial charge in [-0.25, -0.2) is 4.68 Å². The number of nitrogens with zero attached hydrogens (tertiary/aromatic N) is 5. The Morgan fingerprint density at radius 3 is 2.71 bits per heavy atom. The van der Waals surface area contributed by atoms with Crippen molar-refractivity contribution in [2.24, 2.45) is 23.9 Å². The quantitative estimate of drug-likeness (QED) is 0.267. The summed E-state index contributed by atoms with van der Waals surface area (Å²) in [7, 11) is 1.49. The minimum atomic E-state index is -4.59. The number of amidine groups is 1. The third kappa shape index (κ3) is 3.47. The van der Waals surface area contributed by atoms with Crippen LogP contribution in [0.15, 0.2) is 10.3 Å². The van der Waals surface area contributed by atoms with E-state index in [-0.39, 0.29) is 5.16 Å². The smallest absolute Gasteiger partial charge is 0.399 e. The largest absolute Gasteiger partial charge is 0.409 e. The number of rotatable bonds is 4. The normalized spacial score (nSPS) is 14.9. The summed E-state index contributed by atoms with van der Waals surface area (Å²) in [5.74, 6) is -3.40. The van der Waals surface area contributed by atoms with Crippen molar-refractivity contribution in [1.29, 1.82) is 0 Å². The summed E-state index contributed by atoms with van der Waals surface area (Å²) in [6.07, 6.45) is -4.59. The number of hydrogen-bond acceptors (Lipinski definition) is 6. The summed E-state index contributed by atoms with van der Waals surface area (Å²) in [6.45, 7) is 0. The van der Waals surface area contributed by atoms with E-state index in [0.29, 0.717) is 0 Å². The Kier molecular flexibility index (Phi) is 4.15. The summed E-state index contributed by atoms with van der Waals surface area (Å²) in [5.41, 5.74) is 4.99. The highest BCUT2D eigenvalue weighted by atomic mass is 32.2. The van der Waals surface area contributed by atoms with Crippen LogP contribution in [0.5, 0.6) is 0 Å². The second kappa shape index (κ2) is 5.21. The molecule has 0 radical (unpaired) electrons. The molecule has 1 unspecified atom stereocenters. The zero-order valence-corrected chi connectivity index (χ0v) is 9.40. The minimum absolute atomic E-state index is 0.213. The van der Waals surface area contributed by atoms with Crippen molar-refractivity contribution in [1.82, 2.24) is 20.2 Å². The molecule has 1 atom stereocenters. The predicted octanol–water partition coefficient (Wildman–Crippen LogP) is 0.227. The highest BCUT2D eigenvalue weighted by Gasteiger charge is 2.43. The van der Waals surface area contributed by atoms with E-state index in [0.717, 1.165) is 11.8 Å². The molecular weight excluding hydrogens is 261 g/mol. The third-order valence-electron chi connectivity index (χ3n) is 1.83. The monoisotopic (exact) mass is 270 g/mol. The lowest BCUT2D eigenvalue weighted by Crippen LogP contribution is -2.37. The van der Waals surface area contributed by atoms with E-state index >= 15 is 0 Å². The van der Waals surface area contributed by atoms with Gasteiger partial charge in [0.05, 0.1) is 0 Å². The fourth-order valence-corrected chi connectivity index (χ4v) is 1.91. The molecule has 0 bridgehead atoms. The van der Waals surface area contributed by atoms with Crippen LogP contribution in [0.4, 0.5) is 13.2 Å². The van der Waals surface area contributed by atoms with Crippen molar-refractivity contribution in [3.8, 4) is 0 Å². The van der Waals surface area contributed by atoms with Gasteiger partial charge in [-0.1, -0.05) is 16.9 Å². The summed E-state index contributed by atoms with van der Waals surface area (Å²) < 4.78 is 38.9. The molecule has 1 aromatic rings. The van der Waals surface area contributed by atoms with Gasteiger partial charge in [-0.05, 0) is 10.4 Å². The molecule has 96 valence electrons. The molecule has 0 aromatic carbocycles. The molecule has 0 spiro atoms. The van der Waals surface area contributed by atoms with Crippen molar-refractivity contribution in [2.45, 2.75) is 11.3 Å². The van der Waals surface area contributed by atoms with Gasteiger partial charge in [0.2, 0.25) is 5.16 Å². The number of hydrogen-bond donors (Lipinski definition) is 2. The molecule has 0 aliphatic carbocycles. The van der Waals surface area contributed by atoms with Gasteiger partial charge in [-0.3, -0.25) is 0 Å². The highest BCUT2D eigenvalue weighted by Crippen LogP contribution is 2.30. The molecule has 1 heterocycles. The van der Waals surface area contributed by atoms with Crippen molar-refractivity contribution < 1.29 is 18.4 Å². The highest BCUT2D eigenvalue weighted by molar-refractivity contribution is 7.99. The van der Waals surface area contributed by atoms with Crippen LogP contribution in [0.3, 0.4) is 0 Å². The molecule has 17 heavy (non-hydrogen) atoms. The molecule has 1 rings (SSSR count). The SMILES string of the molecule is Cn1nnnc1SCC(C(N)=NO)C(F)(F)F. The molecule has 7 nitrogen and oxygen atoms in total. The maximum atomic E-state index is 12.5. The molecule has 0 amide bonds. The van der Waals surface area contributed by atoms with Gasteiger partial charge >= 0.3 is 6.18 Å². The Labute approximate surface area is 97.8 Å². The third-order valence-corrected chi connectivity index (χ3v) is 2.93. The van der Waals surface area contributed by atoms with Gasteiger partial charge < -0.3 is 10.9 Å².